The van der Waals surface area contributed by atoms with Crippen molar-refractivity contribution < 1.29 is 4.79 Å². The van der Waals surface area contributed by atoms with Gasteiger partial charge in [-0.15, -0.1) is 0 Å². The number of hydrogen-bond acceptors (Lipinski definition) is 4. The zero-order valence-corrected chi connectivity index (χ0v) is 14.0. The van der Waals surface area contributed by atoms with Crippen molar-refractivity contribution in [1.82, 2.24) is 24.4 Å². The van der Waals surface area contributed by atoms with Crippen molar-refractivity contribution in [2.24, 2.45) is 13.0 Å². The van der Waals surface area contributed by atoms with E-state index in [4.69, 9.17) is 0 Å². The minimum Gasteiger partial charge on any atom is -0.343 e. The van der Waals surface area contributed by atoms with Crippen LogP contribution >= 0.6 is 0 Å². The minimum absolute atomic E-state index is 0.175. The molecule has 23 heavy (non-hydrogen) atoms. The van der Waals surface area contributed by atoms with Gasteiger partial charge in [-0.3, -0.25) is 14.8 Å². The molecule has 0 atom stereocenters. The Balaban J connectivity index is 1.77. The normalized spacial score (nSPS) is 15.9. The molecule has 3 rings (SSSR count). The zero-order chi connectivity index (χ0) is 16.4. The molecule has 0 N–H and O–H groups in total. The van der Waals surface area contributed by atoms with Gasteiger partial charge >= 0.3 is 0 Å². The summed E-state index contributed by atoms with van der Waals surface area (Å²) < 4.78 is 2.05. The molecule has 0 spiro atoms. The second kappa shape index (κ2) is 6.48. The predicted molar refractivity (Wildman–Crippen MR) is 87.7 cm³/mol. The molecule has 0 unspecified atom stereocenters. The van der Waals surface area contributed by atoms with E-state index < -0.39 is 0 Å². The Morgan fingerprint density at radius 2 is 1.91 bits per heavy atom. The molecule has 0 saturated carbocycles. The quantitative estimate of drug-likeness (QED) is 0.869. The molecule has 0 aliphatic carbocycles. The molecule has 2 aromatic rings. The third kappa shape index (κ3) is 3.25. The number of nitrogens with zero attached hydrogens (tertiary/aromatic N) is 5. The van der Waals surface area contributed by atoms with Crippen molar-refractivity contribution in [3.8, 4) is 11.4 Å². The lowest BCUT2D eigenvalue weighted by Crippen LogP contribution is -2.37. The number of hydrogen-bond donors (Lipinski definition) is 0. The first-order chi connectivity index (χ1) is 11.1. The van der Waals surface area contributed by atoms with Gasteiger partial charge in [0, 0.05) is 39.5 Å². The van der Waals surface area contributed by atoms with Crippen molar-refractivity contribution in [2.75, 3.05) is 13.1 Å². The number of likely N-dealkylation sites (tertiary alicyclic amines) is 1. The van der Waals surface area contributed by atoms with Crippen LogP contribution in [0.4, 0.5) is 0 Å². The van der Waals surface area contributed by atoms with Crippen LogP contribution in [0.3, 0.4) is 0 Å². The second-order valence-corrected chi connectivity index (χ2v) is 6.25. The molecule has 0 aromatic carbocycles. The highest BCUT2D eigenvalue weighted by Gasteiger charge is 2.23. The number of carbonyl (C=O) groups excluding carboxylic acids is 1. The number of rotatable bonds is 3. The zero-order valence-electron chi connectivity index (χ0n) is 14.0. The van der Waals surface area contributed by atoms with Gasteiger partial charge in [0.2, 0.25) is 5.91 Å². The Morgan fingerprint density at radius 1 is 1.22 bits per heavy atom. The van der Waals surface area contributed by atoms with Crippen LogP contribution in [-0.4, -0.2) is 43.4 Å². The molecule has 2 aromatic heterocycles. The average molecular weight is 313 g/mol. The summed E-state index contributed by atoms with van der Waals surface area (Å²) in [5, 5.41) is 0. The van der Waals surface area contributed by atoms with Gasteiger partial charge in [0.25, 0.3) is 0 Å². The molecular weight excluding hydrogens is 290 g/mol. The van der Waals surface area contributed by atoms with E-state index in [0.717, 1.165) is 55.3 Å². The summed E-state index contributed by atoms with van der Waals surface area (Å²) in [5.74, 6) is 1.69. The highest BCUT2D eigenvalue weighted by molar-refractivity contribution is 5.73. The van der Waals surface area contributed by atoms with Crippen molar-refractivity contribution in [1.29, 1.82) is 0 Å². The maximum absolute atomic E-state index is 11.4. The summed E-state index contributed by atoms with van der Waals surface area (Å²) in [4.78, 5) is 26.8. The molecule has 6 nitrogen and oxygen atoms in total. The first-order valence-electron chi connectivity index (χ1n) is 8.10. The van der Waals surface area contributed by atoms with E-state index in [0.29, 0.717) is 5.92 Å². The van der Waals surface area contributed by atoms with E-state index in [2.05, 4.69) is 15.0 Å². The number of piperidine rings is 1. The standard InChI is InChI=1S/C17H23N5O/c1-12-20-11-16(21(12)3)17-15(18-6-7-19-17)10-14-4-8-22(9-5-14)13(2)23/h6-7,11,14H,4-5,8-10H2,1-3H3. The molecule has 122 valence electrons. The summed E-state index contributed by atoms with van der Waals surface area (Å²) in [6.45, 7) is 5.32. The summed E-state index contributed by atoms with van der Waals surface area (Å²) >= 11 is 0. The van der Waals surface area contributed by atoms with Gasteiger partial charge in [-0.2, -0.15) is 0 Å². The van der Waals surface area contributed by atoms with Crippen LogP contribution in [0.2, 0.25) is 0 Å². The Labute approximate surface area is 136 Å². The summed E-state index contributed by atoms with van der Waals surface area (Å²) in [5.41, 5.74) is 2.95. The number of amides is 1. The molecule has 1 aliphatic rings. The van der Waals surface area contributed by atoms with Gasteiger partial charge in [-0.05, 0) is 32.1 Å². The van der Waals surface area contributed by atoms with E-state index in [1.54, 1.807) is 19.3 Å². The fourth-order valence-electron chi connectivity index (χ4n) is 3.18. The predicted octanol–water partition coefficient (Wildman–Crippen LogP) is 1.99. The largest absolute Gasteiger partial charge is 0.343 e. The molecule has 3 heterocycles. The highest BCUT2D eigenvalue weighted by atomic mass is 16.2. The van der Waals surface area contributed by atoms with Gasteiger partial charge in [-0.1, -0.05) is 0 Å². The van der Waals surface area contributed by atoms with Gasteiger partial charge < -0.3 is 9.47 Å². The van der Waals surface area contributed by atoms with Gasteiger partial charge in [0.05, 0.1) is 17.6 Å². The SMILES string of the molecule is CC(=O)N1CCC(Cc2nccnc2-c2cnc(C)n2C)CC1. The Hall–Kier alpha value is -2.24. The Morgan fingerprint density at radius 3 is 2.52 bits per heavy atom. The average Bonchev–Trinajstić information content (AvgIpc) is 2.88. The smallest absolute Gasteiger partial charge is 0.219 e. The molecule has 1 aliphatic heterocycles. The maximum atomic E-state index is 11.4. The number of aryl methyl sites for hydroxylation is 1. The molecule has 1 amide bonds. The Kier molecular flexibility index (Phi) is 4.41. The topological polar surface area (TPSA) is 63.9 Å². The van der Waals surface area contributed by atoms with E-state index >= 15 is 0 Å². The lowest BCUT2D eigenvalue weighted by Gasteiger charge is -2.31. The summed E-state index contributed by atoms with van der Waals surface area (Å²) in [7, 11) is 2.00. The fraction of sp³-hybridized carbons (Fsp3) is 0.529. The molecule has 1 fully saturated rings. The van der Waals surface area contributed by atoms with Crippen LogP contribution in [0.25, 0.3) is 11.4 Å². The van der Waals surface area contributed by atoms with Crippen LogP contribution in [-0.2, 0) is 18.3 Å². The van der Waals surface area contributed by atoms with E-state index in [1.165, 1.54) is 0 Å². The van der Waals surface area contributed by atoms with Crippen molar-refractivity contribution in [3.63, 3.8) is 0 Å². The van der Waals surface area contributed by atoms with Crippen molar-refractivity contribution >= 4 is 5.91 Å². The first-order valence-corrected chi connectivity index (χ1v) is 8.10. The summed E-state index contributed by atoms with van der Waals surface area (Å²) in [6.07, 6.45) is 8.31. The Bertz CT molecular complexity index is 701. The van der Waals surface area contributed by atoms with E-state index in [-0.39, 0.29) is 5.91 Å². The van der Waals surface area contributed by atoms with Gasteiger partial charge in [0.15, 0.2) is 0 Å². The maximum Gasteiger partial charge on any atom is 0.219 e. The van der Waals surface area contributed by atoms with Crippen LogP contribution in [0.5, 0.6) is 0 Å². The van der Waals surface area contributed by atoms with Crippen molar-refractivity contribution in [3.05, 3.63) is 30.1 Å². The summed E-state index contributed by atoms with van der Waals surface area (Å²) in [6, 6.07) is 0. The lowest BCUT2D eigenvalue weighted by molar-refractivity contribution is -0.130. The molecule has 1 saturated heterocycles. The first kappa shape index (κ1) is 15.6. The lowest BCUT2D eigenvalue weighted by atomic mass is 9.91. The third-order valence-corrected chi connectivity index (χ3v) is 4.78. The molecule has 6 heteroatoms. The fourth-order valence-corrected chi connectivity index (χ4v) is 3.18. The van der Waals surface area contributed by atoms with E-state index in [1.807, 2.05) is 29.6 Å². The number of imidazole rings is 1. The van der Waals surface area contributed by atoms with Crippen molar-refractivity contribution in [2.45, 2.75) is 33.1 Å². The van der Waals surface area contributed by atoms with Crippen LogP contribution in [0.15, 0.2) is 18.6 Å². The third-order valence-electron chi connectivity index (χ3n) is 4.78. The van der Waals surface area contributed by atoms with Crippen LogP contribution in [0, 0.1) is 12.8 Å². The number of carbonyl (C=O) groups is 1. The molecule has 0 radical (unpaired) electrons. The monoisotopic (exact) mass is 313 g/mol. The molecular formula is C17H23N5O. The van der Waals surface area contributed by atoms with E-state index in [9.17, 15) is 4.79 Å². The van der Waals surface area contributed by atoms with Gasteiger partial charge in [0.1, 0.15) is 11.5 Å². The number of aromatic nitrogens is 4. The second-order valence-electron chi connectivity index (χ2n) is 6.25. The highest BCUT2D eigenvalue weighted by Crippen LogP contribution is 2.26. The van der Waals surface area contributed by atoms with Gasteiger partial charge in [-0.25, -0.2) is 4.98 Å². The van der Waals surface area contributed by atoms with Crippen LogP contribution in [0.1, 0.15) is 31.3 Å². The molecule has 0 bridgehead atoms. The minimum atomic E-state index is 0.175. The van der Waals surface area contributed by atoms with Crippen LogP contribution < -0.4 is 0 Å².